The van der Waals surface area contributed by atoms with E-state index in [1.165, 1.54) is 10.9 Å². The van der Waals surface area contributed by atoms with Gasteiger partial charge in [-0.25, -0.2) is 4.79 Å². The van der Waals surface area contributed by atoms with Gasteiger partial charge in [0.1, 0.15) is 0 Å². The lowest BCUT2D eigenvalue weighted by atomic mass is 9.86. The first kappa shape index (κ1) is 16.8. The summed E-state index contributed by atoms with van der Waals surface area (Å²) >= 11 is 0. The van der Waals surface area contributed by atoms with Gasteiger partial charge in [0.15, 0.2) is 0 Å². The molecule has 1 aliphatic carbocycles. The first-order chi connectivity index (χ1) is 11.7. The van der Waals surface area contributed by atoms with Gasteiger partial charge in [0.25, 0.3) is 0 Å². The van der Waals surface area contributed by atoms with Crippen LogP contribution in [0, 0.1) is 5.92 Å². The quantitative estimate of drug-likeness (QED) is 0.789. The zero-order valence-electron chi connectivity index (χ0n) is 14.3. The van der Waals surface area contributed by atoms with Crippen LogP contribution in [-0.4, -0.2) is 47.3 Å². The number of nitrogens with one attached hydrogen (secondary N) is 2. The predicted molar refractivity (Wildman–Crippen MR) is 96.0 cm³/mol. The summed E-state index contributed by atoms with van der Waals surface area (Å²) in [6.07, 6.45) is 6.76. The third kappa shape index (κ3) is 3.90. The van der Waals surface area contributed by atoms with E-state index in [0.717, 1.165) is 37.6 Å². The van der Waals surface area contributed by atoms with Crippen LogP contribution in [0.4, 0.5) is 4.79 Å². The molecule has 5 heteroatoms. The summed E-state index contributed by atoms with van der Waals surface area (Å²) in [7, 11) is 1.88. The number of aliphatic hydroxyl groups is 1. The number of carbonyl (C=O) groups excluding carboxylic acids is 1. The van der Waals surface area contributed by atoms with Crippen LogP contribution in [0.1, 0.15) is 31.2 Å². The number of aromatic amines is 1. The summed E-state index contributed by atoms with van der Waals surface area (Å²) in [6.45, 7) is 0.916. The lowest BCUT2D eigenvalue weighted by Gasteiger charge is -2.34. The third-order valence-electron chi connectivity index (χ3n) is 5.25. The van der Waals surface area contributed by atoms with Gasteiger partial charge in [0.05, 0.1) is 0 Å². The Hall–Kier alpha value is -2.01. The van der Waals surface area contributed by atoms with Crippen LogP contribution >= 0.6 is 0 Å². The number of hydrogen-bond acceptors (Lipinski definition) is 2. The molecule has 0 aliphatic heterocycles. The van der Waals surface area contributed by atoms with E-state index in [4.69, 9.17) is 0 Å². The first-order valence-electron chi connectivity index (χ1n) is 8.85. The van der Waals surface area contributed by atoms with Gasteiger partial charge in [-0.1, -0.05) is 6.07 Å². The number of hydrogen-bond donors (Lipinski definition) is 3. The number of aliphatic hydroxyl groups excluding tert-OH is 1. The van der Waals surface area contributed by atoms with Crippen LogP contribution < -0.4 is 5.32 Å². The van der Waals surface area contributed by atoms with Gasteiger partial charge in [-0.3, -0.25) is 0 Å². The minimum absolute atomic E-state index is 0.00479. The summed E-state index contributed by atoms with van der Waals surface area (Å²) in [5, 5.41) is 13.4. The molecule has 3 rings (SSSR count). The van der Waals surface area contributed by atoms with Gasteiger partial charge in [-0.15, -0.1) is 0 Å². The Morgan fingerprint density at radius 1 is 1.29 bits per heavy atom. The Bertz CT molecular complexity index is 674. The molecule has 0 bridgehead atoms. The van der Waals surface area contributed by atoms with E-state index in [-0.39, 0.29) is 12.6 Å². The summed E-state index contributed by atoms with van der Waals surface area (Å²) in [5.74, 6) is 0.418. The Kier molecular flexibility index (Phi) is 5.41. The van der Waals surface area contributed by atoms with Crippen LogP contribution in [0.25, 0.3) is 10.9 Å². The number of nitrogens with zero attached hydrogens (tertiary/aromatic N) is 1. The Morgan fingerprint density at radius 2 is 2.08 bits per heavy atom. The van der Waals surface area contributed by atoms with Crippen molar-refractivity contribution in [3.05, 3.63) is 36.0 Å². The summed E-state index contributed by atoms with van der Waals surface area (Å²) in [5.41, 5.74) is 2.37. The van der Waals surface area contributed by atoms with Gasteiger partial charge in [0.2, 0.25) is 0 Å². The fraction of sp³-hybridized carbons (Fsp3) is 0.526. The maximum Gasteiger partial charge on any atom is 0.317 e. The molecular weight excluding hydrogens is 302 g/mol. The van der Waals surface area contributed by atoms with E-state index in [9.17, 15) is 9.90 Å². The molecule has 0 radical (unpaired) electrons. The van der Waals surface area contributed by atoms with E-state index in [1.54, 1.807) is 0 Å². The van der Waals surface area contributed by atoms with Crippen molar-refractivity contribution >= 4 is 16.9 Å². The second-order valence-electron chi connectivity index (χ2n) is 6.85. The van der Waals surface area contributed by atoms with Gasteiger partial charge < -0.3 is 20.3 Å². The van der Waals surface area contributed by atoms with Gasteiger partial charge in [-0.2, -0.15) is 0 Å². The van der Waals surface area contributed by atoms with Crippen LogP contribution in [0.5, 0.6) is 0 Å². The highest BCUT2D eigenvalue weighted by atomic mass is 16.3. The van der Waals surface area contributed by atoms with Crippen molar-refractivity contribution in [3.63, 3.8) is 0 Å². The second kappa shape index (κ2) is 7.71. The number of carbonyl (C=O) groups is 1. The van der Waals surface area contributed by atoms with Crippen molar-refractivity contribution in [1.82, 2.24) is 15.2 Å². The fourth-order valence-electron chi connectivity index (χ4n) is 3.58. The third-order valence-corrected chi connectivity index (χ3v) is 5.25. The standard InChI is InChI=1S/C19H27N3O2/c1-22(17-5-2-15(13-23)3-6-17)19(24)21-10-8-14-4-7-18-16(12-14)9-11-20-18/h4,7,9,11-12,15,17,20,23H,2-3,5-6,8,10,13H2,1H3,(H,21,24). The molecule has 1 aromatic carbocycles. The van der Waals surface area contributed by atoms with Gasteiger partial charge >= 0.3 is 6.03 Å². The Labute approximate surface area is 143 Å². The second-order valence-corrected chi connectivity index (χ2v) is 6.85. The highest BCUT2D eigenvalue weighted by molar-refractivity contribution is 5.80. The molecule has 24 heavy (non-hydrogen) atoms. The molecule has 0 saturated heterocycles. The molecule has 130 valence electrons. The number of rotatable bonds is 5. The average Bonchev–Trinajstić information content (AvgIpc) is 3.09. The van der Waals surface area contributed by atoms with Crippen molar-refractivity contribution < 1.29 is 9.90 Å². The highest BCUT2D eigenvalue weighted by Crippen LogP contribution is 2.26. The fourth-order valence-corrected chi connectivity index (χ4v) is 3.58. The number of benzene rings is 1. The first-order valence-corrected chi connectivity index (χ1v) is 8.85. The van der Waals surface area contributed by atoms with E-state index < -0.39 is 0 Å². The molecule has 1 fully saturated rings. The van der Waals surface area contributed by atoms with E-state index >= 15 is 0 Å². The summed E-state index contributed by atoms with van der Waals surface area (Å²) in [6, 6.07) is 8.71. The van der Waals surface area contributed by atoms with Gasteiger partial charge in [-0.05, 0) is 67.2 Å². The Morgan fingerprint density at radius 3 is 2.83 bits per heavy atom. The number of fused-ring (bicyclic) bond motifs is 1. The van der Waals surface area contributed by atoms with E-state index in [1.807, 2.05) is 18.1 Å². The lowest BCUT2D eigenvalue weighted by molar-refractivity contribution is 0.134. The molecule has 1 saturated carbocycles. The highest BCUT2D eigenvalue weighted by Gasteiger charge is 2.25. The molecule has 1 heterocycles. The minimum Gasteiger partial charge on any atom is -0.396 e. The average molecular weight is 329 g/mol. The monoisotopic (exact) mass is 329 g/mol. The Balaban J connectivity index is 1.44. The van der Waals surface area contributed by atoms with E-state index in [0.29, 0.717) is 18.5 Å². The SMILES string of the molecule is CN(C(=O)NCCc1ccc2[nH]ccc2c1)C1CCC(CO)CC1. The lowest BCUT2D eigenvalue weighted by Crippen LogP contribution is -2.45. The van der Waals surface area contributed by atoms with Crippen LogP contribution in [0.3, 0.4) is 0 Å². The molecule has 2 amide bonds. The number of amides is 2. The van der Waals surface area contributed by atoms with Crippen LogP contribution in [0.2, 0.25) is 0 Å². The van der Waals surface area contributed by atoms with Crippen molar-refractivity contribution in [3.8, 4) is 0 Å². The van der Waals surface area contributed by atoms with Crippen molar-refractivity contribution in [2.24, 2.45) is 5.92 Å². The predicted octanol–water partition coefficient (Wildman–Crippen LogP) is 2.90. The van der Waals surface area contributed by atoms with Crippen molar-refractivity contribution in [1.29, 1.82) is 0 Å². The summed E-state index contributed by atoms with van der Waals surface area (Å²) in [4.78, 5) is 17.3. The van der Waals surface area contributed by atoms with Crippen LogP contribution in [0.15, 0.2) is 30.5 Å². The van der Waals surface area contributed by atoms with Crippen LogP contribution in [-0.2, 0) is 6.42 Å². The molecular formula is C19H27N3O2. The normalized spacial score (nSPS) is 20.9. The maximum atomic E-state index is 12.3. The largest absolute Gasteiger partial charge is 0.396 e. The molecule has 2 aromatic rings. The van der Waals surface area contributed by atoms with Crippen molar-refractivity contribution in [2.75, 3.05) is 20.2 Å². The molecule has 5 nitrogen and oxygen atoms in total. The van der Waals surface area contributed by atoms with Crippen molar-refractivity contribution in [2.45, 2.75) is 38.1 Å². The van der Waals surface area contributed by atoms with E-state index in [2.05, 4.69) is 34.6 Å². The number of urea groups is 1. The zero-order valence-corrected chi connectivity index (χ0v) is 14.3. The molecule has 3 N–H and O–H groups in total. The zero-order chi connectivity index (χ0) is 16.9. The topological polar surface area (TPSA) is 68.4 Å². The smallest absolute Gasteiger partial charge is 0.317 e. The van der Waals surface area contributed by atoms with Gasteiger partial charge in [0, 0.05) is 38.0 Å². The summed E-state index contributed by atoms with van der Waals surface area (Å²) < 4.78 is 0. The molecule has 1 aliphatic rings. The number of aromatic nitrogens is 1. The molecule has 0 atom stereocenters. The number of H-pyrrole nitrogens is 1. The minimum atomic E-state index is 0.00479. The molecule has 0 spiro atoms. The molecule has 1 aromatic heterocycles. The molecule has 0 unspecified atom stereocenters. The maximum absolute atomic E-state index is 12.3.